The zero-order valence-electron chi connectivity index (χ0n) is 36.2. The molecule has 0 radical (unpaired) electrons. The van der Waals surface area contributed by atoms with Crippen LogP contribution in [0, 0.1) is 17.3 Å². The molecule has 4 aliphatic rings. The van der Waals surface area contributed by atoms with Crippen molar-refractivity contribution < 1.29 is 46.9 Å². The molecule has 0 unspecified atom stereocenters. The Morgan fingerprint density at radius 3 is 2.09 bits per heavy atom. The monoisotopic (exact) mass is 784 g/mol. The normalized spacial score (nSPS) is 32.9. The Hall–Kier alpha value is -0.676. The van der Waals surface area contributed by atoms with Gasteiger partial charge >= 0.3 is 14.5 Å². The second-order valence-corrected chi connectivity index (χ2v) is 30.5. The van der Waals surface area contributed by atoms with Gasteiger partial charge in [-0.15, -0.1) is 0 Å². The first-order valence-corrected chi connectivity index (χ1v) is 24.8. The summed E-state index contributed by atoms with van der Waals surface area (Å²) >= 11 is 0. The molecular weight excluding hydrogens is 709 g/mol. The van der Waals surface area contributed by atoms with E-state index in [0.29, 0.717) is 51.1 Å². The quantitative estimate of drug-likeness (QED) is 0.125. The summed E-state index contributed by atoms with van der Waals surface area (Å²) in [6.45, 7) is 39.1. The van der Waals surface area contributed by atoms with Crippen LogP contribution in [0.5, 0.6) is 0 Å². The highest BCUT2D eigenvalue weighted by Crippen LogP contribution is 2.56. The van der Waals surface area contributed by atoms with Crippen LogP contribution in [0.1, 0.15) is 122 Å². The molecule has 0 aromatic rings. The van der Waals surface area contributed by atoms with E-state index in [4.69, 9.17) is 37.0 Å². The average molecular weight is 785 g/mol. The van der Waals surface area contributed by atoms with Crippen molar-refractivity contribution in [2.45, 2.75) is 199 Å². The highest BCUT2D eigenvalue weighted by Gasteiger charge is 2.64. The number of hydrogen-bond acceptors (Lipinski definition) is 10. The lowest BCUT2D eigenvalue weighted by molar-refractivity contribution is -0.307. The molecule has 4 fully saturated rings. The number of rotatable bonds is 11. The topological polar surface area (TPSA) is 111 Å². The van der Waals surface area contributed by atoms with Gasteiger partial charge in [0, 0.05) is 47.1 Å². The van der Waals surface area contributed by atoms with Crippen LogP contribution in [-0.2, 0) is 41.8 Å². The Bertz CT molecular complexity index is 1260. The highest BCUT2D eigenvalue weighted by molar-refractivity contribution is 6.74. The van der Waals surface area contributed by atoms with Gasteiger partial charge in [-0.05, 0) is 29.6 Å². The molecule has 0 aromatic carbocycles. The second-order valence-electron chi connectivity index (χ2n) is 21.0. The molecule has 0 bridgehead atoms. The molecule has 0 amide bonds. The van der Waals surface area contributed by atoms with Crippen molar-refractivity contribution >= 4 is 22.8 Å². The van der Waals surface area contributed by atoms with E-state index in [1.165, 1.54) is 7.11 Å². The molecule has 10 nitrogen and oxygen atoms in total. The van der Waals surface area contributed by atoms with Gasteiger partial charge in [-0.25, -0.2) is 0 Å². The van der Waals surface area contributed by atoms with Gasteiger partial charge in [0.15, 0.2) is 14.1 Å². The number of aliphatic hydroxyl groups is 1. The maximum atomic E-state index is 12.2. The van der Waals surface area contributed by atoms with Crippen LogP contribution in [0.4, 0.5) is 0 Å². The minimum absolute atomic E-state index is 0.00913. The summed E-state index contributed by atoms with van der Waals surface area (Å²) in [4.78, 5) is 12.2. The van der Waals surface area contributed by atoms with Crippen LogP contribution >= 0.6 is 0 Å². The van der Waals surface area contributed by atoms with Crippen LogP contribution in [0.15, 0.2) is 12.2 Å². The predicted molar refractivity (Wildman–Crippen MR) is 212 cm³/mol. The molecule has 0 spiro atoms. The van der Waals surface area contributed by atoms with Gasteiger partial charge < -0.3 is 42.1 Å². The number of ether oxygens (including phenoxy) is 5. The first kappa shape index (κ1) is 45.0. The van der Waals surface area contributed by atoms with E-state index in [1.54, 1.807) is 0 Å². The molecule has 4 saturated heterocycles. The maximum absolute atomic E-state index is 12.2. The first-order valence-electron chi connectivity index (χ1n) is 20.1. The van der Waals surface area contributed by atoms with Crippen LogP contribution in [-0.4, -0.2) is 103 Å². The van der Waals surface area contributed by atoms with E-state index < -0.39 is 28.8 Å². The Balaban J connectivity index is 1.56. The van der Waals surface area contributed by atoms with Gasteiger partial charge in [0.05, 0.1) is 70.0 Å². The van der Waals surface area contributed by atoms with Crippen LogP contribution < -0.4 is 0 Å². The van der Waals surface area contributed by atoms with Gasteiger partial charge in [0.25, 0.3) is 0 Å². The second kappa shape index (κ2) is 15.9. The lowest BCUT2D eigenvalue weighted by Crippen LogP contribution is -2.69. The van der Waals surface area contributed by atoms with Gasteiger partial charge in [0.2, 0.25) is 0 Å². The Morgan fingerprint density at radius 1 is 0.981 bits per heavy atom. The summed E-state index contributed by atoms with van der Waals surface area (Å²) in [5.74, 6) is -1.44. The van der Waals surface area contributed by atoms with Crippen molar-refractivity contribution in [3.8, 4) is 0 Å². The van der Waals surface area contributed by atoms with Crippen molar-refractivity contribution in [3.05, 3.63) is 12.2 Å². The fourth-order valence-electron chi connectivity index (χ4n) is 8.63. The highest BCUT2D eigenvalue weighted by atomic mass is 28.4. The minimum atomic E-state index is -2.70. The first-order chi connectivity index (χ1) is 24.1. The molecule has 0 aliphatic carbocycles. The van der Waals surface area contributed by atoms with Gasteiger partial charge in [-0.3, -0.25) is 4.79 Å². The number of carbonyl (C=O) groups excluding carboxylic acids is 1. The Kier molecular flexibility index (Phi) is 13.5. The molecule has 4 rings (SSSR count). The lowest BCUT2D eigenvalue weighted by Gasteiger charge is -2.59. The standard InChI is InChI=1S/C41H76O10Si2/c1-26(22-41(19-18-34(43)44-15)45-24-40(13,14)25-46-41)27(2)29(42)20-31-36(51-52(16,17)37(4,5)6)28(3)35-32(48-31)21-30-33(49-35)23-47-53(50-30,38(7,8)9)39(10,11)12/h26,28-33,35-36,42H,2,18-25H2,1,3-17H3/t26-,28+,29-,30-,31+,32+,33-,35+,36-/m1/s1. The summed E-state index contributed by atoms with van der Waals surface area (Å²) in [5.41, 5.74) is 0.547. The van der Waals surface area contributed by atoms with E-state index in [2.05, 4.69) is 103 Å². The van der Waals surface area contributed by atoms with E-state index >= 15 is 0 Å². The number of aliphatic hydroxyl groups excluding tert-OH is 1. The predicted octanol–water partition coefficient (Wildman–Crippen LogP) is 8.45. The largest absolute Gasteiger partial charge is 0.469 e. The molecular formula is C41H76O10Si2. The van der Waals surface area contributed by atoms with Crippen LogP contribution in [0.3, 0.4) is 0 Å². The van der Waals surface area contributed by atoms with Crippen molar-refractivity contribution in [2.75, 3.05) is 26.9 Å². The molecule has 308 valence electrons. The maximum Gasteiger partial charge on any atom is 0.349 e. The summed E-state index contributed by atoms with van der Waals surface area (Å²) in [6, 6.07) is 0. The van der Waals surface area contributed by atoms with Crippen molar-refractivity contribution in [3.63, 3.8) is 0 Å². The Labute approximate surface area is 324 Å². The third kappa shape index (κ3) is 9.72. The molecule has 9 atom stereocenters. The Morgan fingerprint density at radius 2 is 1.57 bits per heavy atom. The smallest absolute Gasteiger partial charge is 0.349 e. The van der Waals surface area contributed by atoms with E-state index in [9.17, 15) is 9.90 Å². The van der Waals surface area contributed by atoms with Crippen molar-refractivity contribution in [1.82, 2.24) is 0 Å². The lowest BCUT2D eigenvalue weighted by atomic mass is 9.80. The number of methoxy groups -OCH3 is 1. The van der Waals surface area contributed by atoms with Gasteiger partial charge in [0.1, 0.15) is 6.10 Å². The number of hydrogen-bond donors (Lipinski definition) is 1. The molecule has 53 heavy (non-hydrogen) atoms. The molecule has 0 aromatic heterocycles. The fraction of sp³-hybridized carbons (Fsp3) is 0.927. The van der Waals surface area contributed by atoms with Crippen molar-refractivity contribution in [1.29, 1.82) is 0 Å². The minimum Gasteiger partial charge on any atom is -0.469 e. The summed E-state index contributed by atoms with van der Waals surface area (Å²) in [7, 11) is -3.57. The SMILES string of the molecule is C=C([C@H](C)CC1(CCC(=O)OC)OCC(C)(C)CO1)[C@H](O)C[C@@H]1O[C@H]2C[C@H]3O[Si](C(C)(C)C)(C(C)(C)C)OC[C@H]3O[C@H]2[C@H](C)[C@H]1O[Si](C)(C)C(C)(C)C. The fourth-order valence-corrected chi connectivity index (χ4v) is 15.0. The summed E-state index contributed by atoms with van der Waals surface area (Å²) in [6.07, 6.45) is -0.216. The zero-order valence-corrected chi connectivity index (χ0v) is 38.2. The third-order valence-electron chi connectivity index (χ3n) is 12.8. The van der Waals surface area contributed by atoms with Crippen LogP contribution in [0.25, 0.3) is 0 Å². The molecule has 1 N–H and O–H groups in total. The van der Waals surface area contributed by atoms with E-state index in [-0.39, 0.29) is 81.4 Å². The molecule has 4 aliphatic heterocycles. The van der Waals surface area contributed by atoms with E-state index in [1.807, 2.05) is 6.92 Å². The van der Waals surface area contributed by atoms with Gasteiger partial charge in [-0.1, -0.05) is 96.6 Å². The number of fused-ring (bicyclic) bond motifs is 2. The molecule has 4 heterocycles. The number of esters is 1. The summed E-state index contributed by atoms with van der Waals surface area (Å²) < 4.78 is 52.8. The number of carbonyl (C=O) groups is 1. The molecule has 12 heteroatoms. The molecule has 0 saturated carbocycles. The van der Waals surface area contributed by atoms with E-state index in [0.717, 1.165) is 0 Å². The van der Waals surface area contributed by atoms with Crippen LogP contribution in [0.2, 0.25) is 28.2 Å². The van der Waals surface area contributed by atoms with Gasteiger partial charge in [-0.2, -0.15) is 0 Å². The third-order valence-corrected chi connectivity index (χ3v) is 22.5. The zero-order chi connectivity index (χ0) is 40.2. The summed E-state index contributed by atoms with van der Waals surface area (Å²) in [5, 5.41) is 11.6. The average Bonchev–Trinajstić information content (AvgIpc) is 3.03. The van der Waals surface area contributed by atoms with Crippen molar-refractivity contribution in [2.24, 2.45) is 17.3 Å².